The van der Waals surface area contributed by atoms with E-state index in [2.05, 4.69) is 22.9 Å². The first kappa shape index (κ1) is 10.7. The minimum Gasteiger partial charge on any atom is -0.238 e. The first-order valence-electron chi connectivity index (χ1n) is 4.96. The first-order chi connectivity index (χ1) is 5.88. The molecule has 0 N–H and O–H groups in total. The lowest BCUT2D eigenvalue weighted by atomic mass is 9.95. The summed E-state index contributed by atoms with van der Waals surface area (Å²) in [5, 5.41) is 0. The number of rotatable bonds is 4. The van der Waals surface area contributed by atoms with Crippen LogP contribution in [-0.4, -0.2) is 16.9 Å². The van der Waals surface area contributed by atoms with Crippen molar-refractivity contribution in [2.75, 3.05) is 6.54 Å². The fourth-order valence-corrected chi connectivity index (χ4v) is 3.13. The molecule has 0 aromatic rings. The number of hydrogen-bond donors (Lipinski definition) is 1. The van der Waals surface area contributed by atoms with Crippen molar-refractivity contribution in [1.29, 1.82) is 0 Å². The summed E-state index contributed by atoms with van der Waals surface area (Å²) in [6.07, 6.45) is 8.28. The van der Waals surface area contributed by atoms with Gasteiger partial charge >= 0.3 is 0 Å². The van der Waals surface area contributed by atoms with Crippen molar-refractivity contribution in [3.8, 4) is 0 Å². The van der Waals surface area contributed by atoms with Gasteiger partial charge in [0.2, 0.25) is 0 Å². The number of nitrogens with zero attached hydrogens (tertiary/aromatic N) is 1. The van der Waals surface area contributed by atoms with Gasteiger partial charge in [0.05, 0.1) is 0 Å². The summed E-state index contributed by atoms with van der Waals surface area (Å²) >= 11 is 4.30. The van der Waals surface area contributed by atoms with E-state index in [1.807, 2.05) is 0 Å². The predicted octanol–water partition coefficient (Wildman–Crippen LogP) is 3.52. The van der Waals surface area contributed by atoms with Gasteiger partial charge < -0.3 is 0 Å². The van der Waals surface area contributed by atoms with E-state index in [9.17, 15) is 0 Å². The van der Waals surface area contributed by atoms with Crippen molar-refractivity contribution in [2.24, 2.45) is 0 Å². The largest absolute Gasteiger partial charge is 0.238 e. The first-order valence-corrected chi connectivity index (χ1v) is 6.79. The average molecular weight is 205 g/mol. The van der Waals surface area contributed by atoms with Gasteiger partial charge in [-0.05, 0) is 30.2 Å². The molecule has 1 nitrogen and oxygen atoms in total. The van der Waals surface area contributed by atoms with Crippen LogP contribution in [-0.2, 0) is 0 Å². The Labute approximate surface area is 85.2 Å². The molecule has 12 heavy (non-hydrogen) atoms. The molecule has 72 valence electrons. The Bertz CT molecular complexity index is 110. The summed E-state index contributed by atoms with van der Waals surface area (Å²) in [6.45, 7) is 3.43. The summed E-state index contributed by atoms with van der Waals surface area (Å²) < 4.78 is 2.45. The second-order valence-electron chi connectivity index (χ2n) is 3.51. The number of hydrogen-bond acceptors (Lipinski definition) is 3. The predicted molar refractivity (Wildman–Crippen MR) is 60.4 cm³/mol. The normalized spacial score (nSPS) is 20.2. The molecule has 0 heterocycles. The molecule has 1 aliphatic carbocycles. The van der Waals surface area contributed by atoms with Gasteiger partial charge in [0.1, 0.15) is 0 Å². The van der Waals surface area contributed by atoms with E-state index in [0.717, 1.165) is 6.04 Å². The standard InChI is InChI=1S/C9H19NS2/c1-2-8-10(12-11)9-6-4-3-5-7-9/h9,11H,2-8H2,1H3. The molecule has 0 spiro atoms. The molecule has 0 amide bonds. The summed E-state index contributed by atoms with van der Waals surface area (Å²) in [5.74, 6) is 0. The molecule has 3 heteroatoms. The van der Waals surface area contributed by atoms with Crippen LogP contribution in [0.1, 0.15) is 45.4 Å². The lowest BCUT2D eigenvalue weighted by Crippen LogP contribution is -2.31. The average Bonchev–Trinajstić information content (AvgIpc) is 2.15. The van der Waals surface area contributed by atoms with E-state index in [-0.39, 0.29) is 0 Å². The summed E-state index contributed by atoms with van der Waals surface area (Å²) in [6, 6.07) is 0.807. The van der Waals surface area contributed by atoms with Crippen molar-refractivity contribution in [3.63, 3.8) is 0 Å². The van der Waals surface area contributed by atoms with Gasteiger partial charge in [-0.25, -0.2) is 4.31 Å². The van der Waals surface area contributed by atoms with Crippen LogP contribution in [0.25, 0.3) is 0 Å². The quantitative estimate of drug-likeness (QED) is 0.425. The maximum absolute atomic E-state index is 4.30. The molecular weight excluding hydrogens is 186 g/mol. The Morgan fingerprint density at radius 1 is 1.33 bits per heavy atom. The van der Waals surface area contributed by atoms with Crippen LogP contribution in [0.2, 0.25) is 0 Å². The van der Waals surface area contributed by atoms with Gasteiger partial charge in [0, 0.05) is 12.6 Å². The second kappa shape index (κ2) is 6.17. The molecule has 1 fully saturated rings. The van der Waals surface area contributed by atoms with Crippen LogP contribution in [0.15, 0.2) is 0 Å². The maximum atomic E-state index is 4.30. The lowest BCUT2D eigenvalue weighted by molar-refractivity contribution is 0.275. The van der Waals surface area contributed by atoms with Crippen molar-refractivity contribution in [1.82, 2.24) is 4.31 Å². The summed E-state index contributed by atoms with van der Waals surface area (Å²) in [4.78, 5) is 0. The Hall–Kier alpha value is 0.660. The van der Waals surface area contributed by atoms with Gasteiger partial charge in [0.25, 0.3) is 0 Å². The number of thiol groups is 1. The summed E-state index contributed by atoms with van der Waals surface area (Å²) in [5.41, 5.74) is 0. The molecule has 0 atom stereocenters. The van der Waals surface area contributed by atoms with Crippen LogP contribution in [0.4, 0.5) is 0 Å². The van der Waals surface area contributed by atoms with E-state index >= 15 is 0 Å². The Morgan fingerprint density at radius 2 is 2.00 bits per heavy atom. The van der Waals surface area contributed by atoms with Gasteiger partial charge in [-0.15, -0.1) is 0 Å². The second-order valence-corrected chi connectivity index (χ2v) is 4.64. The van der Waals surface area contributed by atoms with Gasteiger partial charge in [-0.1, -0.05) is 37.8 Å². The Kier molecular flexibility index (Phi) is 5.52. The van der Waals surface area contributed by atoms with Crippen LogP contribution >= 0.6 is 22.6 Å². The maximum Gasteiger partial charge on any atom is 0.0210 e. The third-order valence-corrected chi connectivity index (χ3v) is 3.85. The van der Waals surface area contributed by atoms with Crippen molar-refractivity contribution < 1.29 is 0 Å². The van der Waals surface area contributed by atoms with E-state index in [0.29, 0.717) is 0 Å². The van der Waals surface area contributed by atoms with Crippen molar-refractivity contribution in [3.05, 3.63) is 0 Å². The van der Waals surface area contributed by atoms with Crippen molar-refractivity contribution in [2.45, 2.75) is 51.5 Å². The fraction of sp³-hybridized carbons (Fsp3) is 1.00. The van der Waals surface area contributed by atoms with E-state index < -0.39 is 0 Å². The van der Waals surface area contributed by atoms with Gasteiger partial charge in [-0.3, -0.25) is 0 Å². The molecule has 0 bridgehead atoms. The highest BCUT2D eigenvalue weighted by Gasteiger charge is 2.19. The molecule has 0 radical (unpaired) electrons. The third-order valence-electron chi connectivity index (χ3n) is 2.53. The van der Waals surface area contributed by atoms with Crippen LogP contribution in [0.5, 0.6) is 0 Å². The topological polar surface area (TPSA) is 3.24 Å². The van der Waals surface area contributed by atoms with Crippen LogP contribution < -0.4 is 0 Å². The highest BCUT2D eigenvalue weighted by Crippen LogP contribution is 2.28. The highest BCUT2D eigenvalue weighted by atomic mass is 33.1. The Balaban J connectivity index is 2.29. The minimum absolute atomic E-state index is 0.807. The lowest BCUT2D eigenvalue weighted by Gasteiger charge is -2.31. The van der Waals surface area contributed by atoms with Crippen molar-refractivity contribution >= 4 is 22.6 Å². The molecule has 0 aromatic carbocycles. The minimum atomic E-state index is 0.807. The third kappa shape index (κ3) is 3.19. The molecule has 0 aromatic heterocycles. The molecule has 0 unspecified atom stereocenters. The fourth-order valence-electron chi connectivity index (χ4n) is 1.88. The molecule has 0 aliphatic heterocycles. The Morgan fingerprint density at radius 3 is 2.50 bits per heavy atom. The van der Waals surface area contributed by atoms with Gasteiger partial charge in [0.15, 0.2) is 0 Å². The zero-order chi connectivity index (χ0) is 8.81. The zero-order valence-electron chi connectivity index (χ0n) is 7.83. The molecular formula is C9H19NS2. The zero-order valence-corrected chi connectivity index (χ0v) is 9.54. The van der Waals surface area contributed by atoms with Gasteiger partial charge in [-0.2, -0.15) is 0 Å². The van der Waals surface area contributed by atoms with E-state index in [1.54, 1.807) is 11.0 Å². The van der Waals surface area contributed by atoms with Crippen LogP contribution in [0, 0.1) is 0 Å². The summed E-state index contributed by atoms with van der Waals surface area (Å²) in [7, 11) is 1.63. The SMILES string of the molecule is CCCN(SS)C1CCCCC1. The smallest absolute Gasteiger partial charge is 0.0210 e. The monoisotopic (exact) mass is 205 g/mol. The van der Waals surface area contributed by atoms with E-state index in [1.165, 1.54) is 45.1 Å². The molecule has 0 saturated heterocycles. The van der Waals surface area contributed by atoms with E-state index in [4.69, 9.17) is 0 Å². The highest BCUT2D eigenvalue weighted by molar-refractivity contribution is 8.67. The van der Waals surface area contributed by atoms with Crippen LogP contribution in [0.3, 0.4) is 0 Å². The molecule has 1 rings (SSSR count). The molecule has 1 saturated carbocycles. The molecule has 1 aliphatic rings.